The number of hydrogen-bond acceptors (Lipinski definition) is 3. The zero-order valence-electron chi connectivity index (χ0n) is 8.19. The van der Waals surface area contributed by atoms with Crippen LogP contribution in [0.5, 0.6) is 0 Å². The summed E-state index contributed by atoms with van der Waals surface area (Å²) < 4.78 is 0. The topological polar surface area (TPSA) is 49.3 Å². The van der Waals surface area contributed by atoms with Crippen LogP contribution in [0.25, 0.3) is 0 Å². The molecule has 2 rings (SSSR count). The van der Waals surface area contributed by atoms with E-state index in [2.05, 4.69) is 12.2 Å². The maximum absolute atomic E-state index is 11.0. The van der Waals surface area contributed by atoms with E-state index in [1.165, 1.54) is 0 Å². The molecule has 1 heterocycles. The Morgan fingerprint density at radius 2 is 2.40 bits per heavy atom. The van der Waals surface area contributed by atoms with Crippen molar-refractivity contribution in [3.8, 4) is 0 Å². The molecular formula is C11H12NO2S. The molecule has 0 amide bonds. The van der Waals surface area contributed by atoms with E-state index in [4.69, 9.17) is 5.11 Å². The van der Waals surface area contributed by atoms with E-state index in [0.29, 0.717) is 5.56 Å². The summed E-state index contributed by atoms with van der Waals surface area (Å²) in [6.45, 7) is 4.75. The smallest absolute Gasteiger partial charge is 0.336 e. The summed E-state index contributed by atoms with van der Waals surface area (Å²) >= 11 is 1.73. The number of hydrogen-bond donors (Lipinski definition) is 2. The summed E-state index contributed by atoms with van der Waals surface area (Å²) in [5.74, 6) is 0.143. The second-order valence-electron chi connectivity index (χ2n) is 3.43. The Morgan fingerprint density at radius 3 is 3.00 bits per heavy atom. The molecule has 1 radical (unpaired) electrons. The van der Waals surface area contributed by atoms with Gasteiger partial charge in [-0.05, 0) is 24.1 Å². The van der Waals surface area contributed by atoms with Gasteiger partial charge < -0.3 is 10.4 Å². The highest BCUT2D eigenvalue weighted by atomic mass is 32.2. The van der Waals surface area contributed by atoms with Crippen molar-refractivity contribution in [2.75, 3.05) is 12.3 Å². The Morgan fingerprint density at radius 1 is 1.60 bits per heavy atom. The second kappa shape index (κ2) is 4.24. The third kappa shape index (κ3) is 2.16. The number of benzene rings is 1. The molecule has 1 aromatic carbocycles. The first-order chi connectivity index (χ1) is 7.18. The molecule has 1 aliphatic heterocycles. The molecular weight excluding hydrogens is 210 g/mol. The fourth-order valence-electron chi connectivity index (χ4n) is 1.65. The predicted octanol–water partition coefficient (Wildman–Crippen LogP) is 1.90. The molecule has 79 valence electrons. The summed E-state index contributed by atoms with van der Waals surface area (Å²) in [5, 5.41) is 12.4. The maximum Gasteiger partial charge on any atom is 0.336 e. The maximum atomic E-state index is 11.0. The summed E-state index contributed by atoms with van der Waals surface area (Å²) in [6.07, 6.45) is 0. The van der Waals surface area contributed by atoms with E-state index in [-0.39, 0.29) is 5.37 Å². The summed E-state index contributed by atoms with van der Waals surface area (Å²) in [6, 6.07) is 5.20. The molecule has 1 unspecified atom stereocenters. The van der Waals surface area contributed by atoms with Gasteiger partial charge in [0.15, 0.2) is 0 Å². The van der Waals surface area contributed by atoms with E-state index in [1.54, 1.807) is 23.9 Å². The van der Waals surface area contributed by atoms with Gasteiger partial charge in [0, 0.05) is 12.3 Å². The van der Waals surface area contributed by atoms with Crippen LogP contribution >= 0.6 is 11.8 Å². The number of carbonyl (C=O) groups is 1. The largest absolute Gasteiger partial charge is 0.478 e. The number of rotatable bonds is 2. The predicted molar refractivity (Wildman–Crippen MR) is 61.1 cm³/mol. The van der Waals surface area contributed by atoms with Crippen molar-refractivity contribution >= 4 is 17.7 Å². The van der Waals surface area contributed by atoms with E-state index in [9.17, 15) is 4.79 Å². The van der Waals surface area contributed by atoms with Gasteiger partial charge >= 0.3 is 5.97 Å². The lowest BCUT2D eigenvalue weighted by Crippen LogP contribution is -2.15. The lowest BCUT2D eigenvalue weighted by molar-refractivity contribution is 0.0695. The number of nitrogens with one attached hydrogen (secondary N) is 1. The fraction of sp³-hybridized carbons (Fsp3) is 0.273. The lowest BCUT2D eigenvalue weighted by atomic mass is 10.0. The summed E-state index contributed by atoms with van der Waals surface area (Å²) in [7, 11) is 0. The molecule has 1 saturated heterocycles. The van der Waals surface area contributed by atoms with E-state index in [0.717, 1.165) is 23.4 Å². The van der Waals surface area contributed by atoms with Gasteiger partial charge in [0.2, 0.25) is 0 Å². The fourth-order valence-corrected chi connectivity index (χ4v) is 2.73. The molecule has 15 heavy (non-hydrogen) atoms. The zero-order chi connectivity index (χ0) is 10.8. The lowest BCUT2D eigenvalue weighted by Gasteiger charge is -2.13. The molecule has 0 spiro atoms. The van der Waals surface area contributed by atoms with Crippen molar-refractivity contribution in [1.29, 1.82) is 0 Å². The van der Waals surface area contributed by atoms with Gasteiger partial charge in [0.05, 0.1) is 10.9 Å². The monoisotopic (exact) mass is 222 g/mol. The van der Waals surface area contributed by atoms with Crippen LogP contribution in [-0.2, 0) is 0 Å². The number of aromatic carboxylic acids is 1. The van der Waals surface area contributed by atoms with Gasteiger partial charge in [0.25, 0.3) is 0 Å². The summed E-state index contributed by atoms with van der Waals surface area (Å²) in [4.78, 5) is 11.0. The van der Waals surface area contributed by atoms with Crippen LogP contribution in [0.1, 0.15) is 26.9 Å². The Bertz CT molecular complexity index is 386. The van der Waals surface area contributed by atoms with Gasteiger partial charge in [-0.25, -0.2) is 4.79 Å². The molecule has 0 bridgehead atoms. The van der Waals surface area contributed by atoms with Crippen LogP contribution in [0.3, 0.4) is 0 Å². The Kier molecular flexibility index (Phi) is 2.98. The Balaban J connectivity index is 2.41. The normalized spacial score (nSPS) is 20.5. The quantitative estimate of drug-likeness (QED) is 0.802. The number of carboxylic acid groups (broad SMARTS) is 1. The van der Waals surface area contributed by atoms with Gasteiger partial charge in [-0.1, -0.05) is 12.1 Å². The third-order valence-electron chi connectivity index (χ3n) is 2.35. The standard InChI is InChI=1S/C11H12NO2S/c1-7-2-3-8(11(13)14)9(6-7)10-12-4-5-15-10/h2-3,6,10,12H,1,4-5H2,(H,13,14). The highest BCUT2D eigenvalue weighted by Crippen LogP contribution is 2.32. The van der Waals surface area contributed by atoms with Crippen molar-refractivity contribution in [2.24, 2.45) is 0 Å². The highest BCUT2D eigenvalue weighted by molar-refractivity contribution is 7.99. The summed E-state index contributed by atoms with van der Waals surface area (Å²) in [5.41, 5.74) is 2.05. The molecule has 1 atom stereocenters. The number of carboxylic acids is 1. The molecule has 2 N–H and O–H groups in total. The first-order valence-electron chi connectivity index (χ1n) is 4.72. The molecule has 0 saturated carbocycles. The Hall–Kier alpha value is -1.00. The van der Waals surface area contributed by atoms with Crippen LogP contribution in [0, 0.1) is 6.92 Å². The van der Waals surface area contributed by atoms with Crippen LogP contribution in [0.4, 0.5) is 0 Å². The molecule has 1 aromatic rings. The van der Waals surface area contributed by atoms with Crippen molar-refractivity contribution in [3.05, 3.63) is 41.8 Å². The minimum Gasteiger partial charge on any atom is -0.478 e. The van der Waals surface area contributed by atoms with Gasteiger partial charge in [-0.15, -0.1) is 11.8 Å². The van der Waals surface area contributed by atoms with Crippen LogP contribution in [-0.4, -0.2) is 23.4 Å². The molecule has 1 fully saturated rings. The highest BCUT2D eigenvalue weighted by Gasteiger charge is 2.22. The minimum atomic E-state index is -0.876. The van der Waals surface area contributed by atoms with Crippen LogP contribution in [0.15, 0.2) is 18.2 Å². The average Bonchev–Trinajstić information content (AvgIpc) is 2.69. The number of thioether (sulfide) groups is 1. The molecule has 0 aromatic heterocycles. The first-order valence-corrected chi connectivity index (χ1v) is 5.77. The van der Waals surface area contributed by atoms with E-state index >= 15 is 0 Å². The van der Waals surface area contributed by atoms with E-state index in [1.807, 2.05) is 6.07 Å². The minimum absolute atomic E-state index is 0.0952. The van der Waals surface area contributed by atoms with E-state index < -0.39 is 5.97 Å². The molecule has 3 nitrogen and oxygen atoms in total. The first kappa shape index (κ1) is 10.5. The SMILES string of the molecule is [CH2]c1ccc(C(=O)O)c(C2NCCS2)c1. The van der Waals surface area contributed by atoms with Gasteiger partial charge in [0.1, 0.15) is 0 Å². The van der Waals surface area contributed by atoms with Crippen molar-refractivity contribution in [3.63, 3.8) is 0 Å². The zero-order valence-corrected chi connectivity index (χ0v) is 9.01. The van der Waals surface area contributed by atoms with Crippen molar-refractivity contribution in [1.82, 2.24) is 5.32 Å². The second-order valence-corrected chi connectivity index (χ2v) is 4.64. The van der Waals surface area contributed by atoms with Crippen LogP contribution in [0.2, 0.25) is 0 Å². The van der Waals surface area contributed by atoms with Crippen LogP contribution < -0.4 is 5.32 Å². The molecule has 0 aliphatic carbocycles. The molecule has 1 aliphatic rings. The van der Waals surface area contributed by atoms with Gasteiger partial charge in [-0.2, -0.15) is 0 Å². The van der Waals surface area contributed by atoms with Gasteiger partial charge in [-0.3, -0.25) is 0 Å². The Labute approximate surface area is 92.9 Å². The van der Waals surface area contributed by atoms with Crippen molar-refractivity contribution < 1.29 is 9.90 Å². The average molecular weight is 222 g/mol. The molecule has 4 heteroatoms. The third-order valence-corrected chi connectivity index (χ3v) is 3.54. The van der Waals surface area contributed by atoms with Crippen molar-refractivity contribution in [2.45, 2.75) is 5.37 Å².